The molecular weight excluding hydrogens is 310 g/mol. The van der Waals surface area contributed by atoms with Crippen molar-refractivity contribution in [1.82, 2.24) is 0 Å². The molecular formula is C15H14ClNO3S. The monoisotopic (exact) mass is 323 g/mol. The lowest BCUT2D eigenvalue weighted by atomic mass is 10.2. The van der Waals surface area contributed by atoms with Crippen LogP contribution in [-0.4, -0.2) is 23.4 Å². The van der Waals surface area contributed by atoms with Crippen molar-refractivity contribution in [2.24, 2.45) is 0 Å². The molecule has 0 aromatic heterocycles. The van der Waals surface area contributed by atoms with Crippen molar-refractivity contribution in [3.05, 3.63) is 53.1 Å². The Balaban J connectivity index is 1.88. The van der Waals surface area contributed by atoms with E-state index in [0.29, 0.717) is 28.8 Å². The highest BCUT2D eigenvalue weighted by molar-refractivity contribution is 7.99. The van der Waals surface area contributed by atoms with Crippen LogP contribution in [0.1, 0.15) is 10.4 Å². The van der Waals surface area contributed by atoms with Gasteiger partial charge < -0.3 is 15.6 Å². The Kier molecular flexibility index (Phi) is 5.36. The van der Waals surface area contributed by atoms with Gasteiger partial charge in [-0.25, -0.2) is 4.79 Å². The fraction of sp³-hybridized carbons (Fsp3) is 0.133. The zero-order valence-electron chi connectivity index (χ0n) is 11.1. The van der Waals surface area contributed by atoms with Crippen molar-refractivity contribution in [2.75, 3.05) is 18.1 Å². The molecule has 110 valence electrons. The highest BCUT2D eigenvalue weighted by Gasteiger charge is 2.06. The summed E-state index contributed by atoms with van der Waals surface area (Å²) in [4.78, 5) is 11.7. The number of aromatic carboxylic acids is 1. The molecule has 2 aromatic carbocycles. The number of nitrogen functional groups attached to an aromatic ring is 1. The van der Waals surface area contributed by atoms with E-state index >= 15 is 0 Å². The first-order valence-electron chi connectivity index (χ1n) is 6.21. The predicted molar refractivity (Wildman–Crippen MR) is 85.5 cm³/mol. The summed E-state index contributed by atoms with van der Waals surface area (Å²) in [5, 5.41) is 9.52. The lowest BCUT2D eigenvalue weighted by Crippen LogP contribution is -2.02. The van der Waals surface area contributed by atoms with Crippen LogP contribution < -0.4 is 10.5 Å². The molecule has 0 unspecified atom stereocenters. The maximum Gasteiger partial charge on any atom is 0.335 e. The number of thioether (sulfide) groups is 1. The van der Waals surface area contributed by atoms with Crippen molar-refractivity contribution in [1.29, 1.82) is 0 Å². The molecule has 0 fully saturated rings. The average molecular weight is 324 g/mol. The summed E-state index contributed by atoms with van der Waals surface area (Å²) in [5.74, 6) is 0.215. The van der Waals surface area contributed by atoms with Gasteiger partial charge in [0.15, 0.2) is 0 Å². The number of carboxylic acid groups (broad SMARTS) is 1. The average Bonchev–Trinajstić information content (AvgIpc) is 2.46. The molecule has 0 radical (unpaired) electrons. The van der Waals surface area contributed by atoms with Crippen molar-refractivity contribution in [2.45, 2.75) is 4.90 Å². The summed E-state index contributed by atoms with van der Waals surface area (Å²) in [6, 6.07) is 11.8. The number of rotatable bonds is 6. The summed E-state index contributed by atoms with van der Waals surface area (Å²) < 4.78 is 5.53. The van der Waals surface area contributed by atoms with E-state index in [4.69, 9.17) is 27.2 Å². The summed E-state index contributed by atoms with van der Waals surface area (Å²) in [7, 11) is 0. The number of anilines is 1. The quantitative estimate of drug-likeness (QED) is 0.480. The fourth-order valence-electron chi connectivity index (χ4n) is 1.70. The van der Waals surface area contributed by atoms with Gasteiger partial charge in [-0.3, -0.25) is 0 Å². The smallest absolute Gasteiger partial charge is 0.335 e. The lowest BCUT2D eigenvalue weighted by Gasteiger charge is -2.09. The summed E-state index contributed by atoms with van der Waals surface area (Å²) >= 11 is 7.58. The van der Waals surface area contributed by atoms with Crippen LogP contribution in [-0.2, 0) is 0 Å². The first kappa shape index (κ1) is 15.5. The second-order valence-corrected chi connectivity index (χ2v) is 5.70. The maximum absolute atomic E-state index is 10.9. The van der Waals surface area contributed by atoms with Gasteiger partial charge >= 0.3 is 5.97 Å². The molecule has 0 aliphatic heterocycles. The first-order chi connectivity index (χ1) is 10.1. The SMILES string of the molecule is Nc1cccc(Cl)c1SCCOc1cccc(C(=O)O)c1. The van der Waals surface area contributed by atoms with Crippen LogP contribution in [0.2, 0.25) is 5.02 Å². The third-order valence-corrected chi connectivity index (χ3v) is 4.22. The van der Waals surface area contributed by atoms with Crippen molar-refractivity contribution in [3.8, 4) is 5.75 Å². The summed E-state index contributed by atoms with van der Waals surface area (Å²) in [5.41, 5.74) is 6.70. The molecule has 21 heavy (non-hydrogen) atoms. The molecule has 6 heteroatoms. The van der Waals surface area contributed by atoms with Crippen LogP contribution in [0.3, 0.4) is 0 Å². The molecule has 0 amide bonds. The molecule has 3 N–H and O–H groups in total. The molecule has 2 rings (SSSR count). The van der Waals surface area contributed by atoms with Crippen molar-refractivity contribution < 1.29 is 14.6 Å². The van der Waals surface area contributed by atoms with Crippen LogP contribution in [0.15, 0.2) is 47.4 Å². The minimum Gasteiger partial charge on any atom is -0.493 e. The van der Waals surface area contributed by atoms with Gasteiger partial charge in [0.1, 0.15) is 5.75 Å². The van der Waals surface area contributed by atoms with E-state index in [1.165, 1.54) is 23.9 Å². The van der Waals surface area contributed by atoms with Crippen LogP contribution in [0.4, 0.5) is 5.69 Å². The van der Waals surface area contributed by atoms with E-state index in [1.807, 2.05) is 0 Å². The molecule has 0 saturated heterocycles. The Morgan fingerprint density at radius 2 is 2.05 bits per heavy atom. The van der Waals surface area contributed by atoms with Gasteiger partial charge in [0.05, 0.1) is 17.2 Å². The van der Waals surface area contributed by atoms with E-state index in [-0.39, 0.29) is 5.56 Å². The van der Waals surface area contributed by atoms with Crippen LogP contribution in [0, 0.1) is 0 Å². The second kappa shape index (κ2) is 7.24. The van der Waals surface area contributed by atoms with Crippen LogP contribution >= 0.6 is 23.4 Å². The summed E-state index contributed by atoms with van der Waals surface area (Å²) in [6.45, 7) is 0.429. The minimum absolute atomic E-state index is 0.204. The number of halogens is 1. The van der Waals surface area contributed by atoms with Gasteiger partial charge in [-0.05, 0) is 30.3 Å². The normalized spacial score (nSPS) is 10.3. The number of hydrogen-bond acceptors (Lipinski definition) is 4. The molecule has 0 aliphatic carbocycles. The molecule has 0 aliphatic rings. The topological polar surface area (TPSA) is 72.5 Å². The zero-order valence-corrected chi connectivity index (χ0v) is 12.7. The molecule has 0 saturated carbocycles. The van der Waals surface area contributed by atoms with E-state index in [9.17, 15) is 4.79 Å². The third-order valence-electron chi connectivity index (χ3n) is 2.68. The minimum atomic E-state index is -0.973. The third kappa shape index (κ3) is 4.31. The van der Waals surface area contributed by atoms with Crippen LogP contribution in [0.5, 0.6) is 5.75 Å². The molecule has 0 spiro atoms. The Hall–Kier alpha value is -1.85. The Morgan fingerprint density at radius 1 is 1.29 bits per heavy atom. The standard InChI is InChI=1S/C15H14ClNO3S/c16-12-5-2-6-13(17)14(12)21-8-7-20-11-4-1-3-10(9-11)15(18)19/h1-6,9H,7-8,17H2,(H,18,19). The van der Waals surface area contributed by atoms with Gasteiger partial charge in [-0.1, -0.05) is 23.7 Å². The second-order valence-electron chi connectivity index (χ2n) is 4.19. The summed E-state index contributed by atoms with van der Waals surface area (Å²) in [6.07, 6.45) is 0. The van der Waals surface area contributed by atoms with Gasteiger partial charge in [-0.15, -0.1) is 11.8 Å². The van der Waals surface area contributed by atoms with Crippen LogP contribution in [0.25, 0.3) is 0 Å². The van der Waals surface area contributed by atoms with E-state index in [0.717, 1.165) is 4.90 Å². The predicted octanol–water partition coefficient (Wildman–Crippen LogP) is 3.79. The molecule has 0 heterocycles. The Morgan fingerprint density at radius 3 is 2.76 bits per heavy atom. The number of ether oxygens (including phenoxy) is 1. The molecule has 0 bridgehead atoms. The molecule has 4 nitrogen and oxygen atoms in total. The zero-order chi connectivity index (χ0) is 15.2. The van der Waals surface area contributed by atoms with Gasteiger partial charge in [0.2, 0.25) is 0 Å². The van der Waals surface area contributed by atoms with Gasteiger partial charge in [-0.2, -0.15) is 0 Å². The Bertz CT molecular complexity index is 628. The van der Waals surface area contributed by atoms with Gasteiger partial charge in [0.25, 0.3) is 0 Å². The fourth-order valence-corrected chi connectivity index (χ4v) is 2.86. The maximum atomic E-state index is 10.9. The number of benzene rings is 2. The number of nitrogens with two attached hydrogens (primary N) is 1. The molecule has 2 aromatic rings. The van der Waals surface area contributed by atoms with Crippen molar-refractivity contribution in [3.63, 3.8) is 0 Å². The van der Waals surface area contributed by atoms with Gasteiger partial charge in [0, 0.05) is 16.3 Å². The lowest BCUT2D eigenvalue weighted by molar-refractivity contribution is 0.0696. The Labute approximate surface area is 131 Å². The highest BCUT2D eigenvalue weighted by atomic mass is 35.5. The largest absolute Gasteiger partial charge is 0.493 e. The van der Waals surface area contributed by atoms with E-state index in [1.54, 1.807) is 30.3 Å². The first-order valence-corrected chi connectivity index (χ1v) is 7.57. The number of carboxylic acids is 1. The van der Waals surface area contributed by atoms with Crippen molar-refractivity contribution >= 4 is 35.0 Å². The number of carbonyl (C=O) groups is 1. The van der Waals surface area contributed by atoms with E-state index in [2.05, 4.69) is 0 Å². The number of hydrogen-bond donors (Lipinski definition) is 2. The highest BCUT2D eigenvalue weighted by Crippen LogP contribution is 2.32. The van der Waals surface area contributed by atoms with E-state index < -0.39 is 5.97 Å². The molecule has 0 atom stereocenters.